The zero-order valence-corrected chi connectivity index (χ0v) is 21.5. The molecule has 178 valence electrons. The summed E-state index contributed by atoms with van der Waals surface area (Å²) in [7, 11) is 0. The van der Waals surface area contributed by atoms with Crippen LogP contribution < -0.4 is 4.74 Å². The molecule has 0 atom stereocenters. The fourth-order valence-corrected chi connectivity index (χ4v) is 6.14. The molecule has 7 heteroatoms. The maximum atomic E-state index is 6.19. The summed E-state index contributed by atoms with van der Waals surface area (Å²) in [5.74, 6) is 1.22. The monoisotopic (exact) mass is 586 g/mol. The minimum Gasteiger partial charge on any atom is -0.503 e. The summed E-state index contributed by atoms with van der Waals surface area (Å²) >= 11 is 1.83. The number of ether oxygens (including phenoxy) is 1. The number of pyridine rings is 1. The van der Waals surface area contributed by atoms with E-state index in [9.17, 15) is 0 Å². The van der Waals surface area contributed by atoms with Gasteiger partial charge in [-0.05, 0) is 29.3 Å². The normalized spacial score (nSPS) is 11.6. The predicted molar refractivity (Wildman–Crippen MR) is 144 cm³/mol. The van der Waals surface area contributed by atoms with E-state index in [1.54, 1.807) is 10.9 Å². The quantitative estimate of drug-likeness (QED) is 0.122. The third-order valence-electron chi connectivity index (χ3n) is 6.55. The molecule has 8 rings (SSSR count). The van der Waals surface area contributed by atoms with E-state index >= 15 is 0 Å². The predicted octanol–water partition coefficient (Wildman–Crippen LogP) is 7.58. The number of nitrogens with zero attached hydrogens (tertiary/aromatic N) is 4. The van der Waals surface area contributed by atoms with Crippen LogP contribution in [0.4, 0.5) is 0 Å². The molecule has 0 radical (unpaired) electrons. The third kappa shape index (κ3) is 3.40. The number of hydrogen-bond acceptors (Lipinski definition) is 4. The van der Waals surface area contributed by atoms with Gasteiger partial charge in [-0.2, -0.15) is 11.2 Å². The van der Waals surface area contributed by atoms with E-state index in [4.69, 9.17) is 9.72 Å². The first-order chi connectivity index (χ1) is 17.8. The molecule has 8 aromatic rings. The molecule has 0 unspecified atom stereocenters. The number of fused-ring (bicyclic) bond motifs is 10. The van der Waals surface area contributed by atoms with Gasteiger partial charge in [0.2, 0.25) is 0 Å². The van der Waals surface area contributed by atoms with E-state index in [0.717, 1.165) is 22.1 Å². The maximum absolute atomic E-state index is 6.19. The van der Waals surface area contributed by atoms with Crippen LogP contribution in [-0.4, -0.2) is 19.2 Å². The Morgan fingerprint density at radius 2 is 1.62 bits per heavy atom. The largest absolute Gasteiger partial charge is 2.00 e. The molecular formula is C30H16N4OPdS. The zero-order valence-electron chi connectivity index (χ0n) is 19.2. The second-order valence-corrected chi connectivity index (χ2v) is 9.70. The first-order valence-corrected chi connectivity index (χ1v) is 12.4. The van der Waals surface area contributed by atoms with Crippen molar-refractivity contribution in [2.45, 2.75) is 0 Å². The molecule has 0 saturated heterocycles. The van der Waals surface area contributed by atoms with E-state index < -0.39 is 0 Å². The van der Waals surface area contributed by atoms with Gasteiger partial charge in [-0.3, -0.25) is 9.67 Å². The molecule has 4 aromatic heterocycles. The number of thiophene rings is 1. The van der Waals surface area contributed by atoms with Crippen molar-refractivity contribution in [1.29, 1.82) is 0 Å². The molecule has 0 aliphatic carbocycles. The van der Waals surface area contributed by atoms with Gasteiger partial charge in [0.25, 0.3) is 0 Å². The number of benzene rings is 4. The summed E-state index contributed by atoms with van der Waals surface area (Å²) in [6.07, 6.45) is 7.51. The minimum atomic E-state index is 0. The van der Waals surface area contributed by atoms with E-state index in [0.29, 0.717) is 11.5 Å². The van der Waals surface area contributed by atoms with Crippen molar-refractivity contribution in [2.75, 3.05) is 0 Å². The summed E-state index contributed by atoms with van der Waals surface area (Å²) < 4.78 is 12.7. The van der Waals surface area contributed by atoms with Crippen LogP contribution >= 0.6 is 11.3 Å². The van der Waals surface area contributed by atoms with Crippen molar-refractivity contribution < 1.29 is 25.2 Å². The Bertz CT molecular complexity index is 2090. The van der Waals surface area contributed by atoms with Crippen LogP contribution in [0.15, 0.2) is 97.6 Å². The standard InChI is InChI=1S/C30H16N4OS.Pd/c1-2-8-26-24(7-1)28-27(36-26)12-11-23-22-10-9-21(18-25(22)30-31-14-16-33(30)29(23)28)35-20-6-3-5-19(17-20)34-15-4-13-32-34;/h1-16H;/q-2;+2. The van der Waals surface area contributed by atoms with Crippen molar-refractivity contribution in [1.82, 2.24) is 19.2 Å². The third-order valence-corrected chi connectivity index (χ3v) is 7.69. The SMILES string of the molecule is [Pd+2].[c-]1c(Oc2[c-]c3c(cc2)c2ccc4sc5ccccc5c4c2n2ccnc32)cccc1-n1cccn1. The molecule has 0 fully saturated rings. The first-order valence-electron chi connectivity index (χ1n) is 11.6. The molecule has 4 aromatic carbocycles. The minimum absolute atomic E-state index is 0. The molecule has 0 spiro atoms. The van der Waals surface area contributed by atoms with Gasteiger partial charge in [-0.25, -0.2) is 0 Å². The second-order valence-electron chi connectivity index (χ2n) is 8.62. The van der Waals surface area contributed by atoms with E-state index in [-0.39, 0.29) is 20.4 Å². The molecule has 0 aliphatic heterocycles. The van der Waals surface area contributed by atoms with Gasteiger partial charge in [0.15, 0.2) is 0 Å². The number of imidazole rings is 1. The Balaban J connectivity index is 0.00000231. The number of hydrogen-bond donors (Lipinski definition) is 0. The smallest absolute Gasteiger partial charge is 0.503 e. The van der Waals surface area contributed by atoms with Gasteiger partial charge in [0, 0.05) is 62.0 Å². The molecule has 0 aliphatic rings. The van der Waals surface area contributed by atoms with Crippen LogP contribution in [0, 0.1) is 12.1 Å². The Morgan fingerprint density at radius 3 is 2.54 bits per heavy atom. The van der Waals surface area contributed by atoms with Crippen molar-refractivity contribution in [3.8, 4) is 17.2 Å². The maximum Gasteiger partial charge on any atom is 2.00 e. The second kappa shape index (κ2) is 8.53. The summed E-state index contributed by atoms with van der Waals surface area (Å²) in [5.41, 5.74) is 2.85. The average Bonchev–Trinajstić information content (AvgIpc) is 3.68. The molecular weight excluding hydrogens is 571 g/mol. The fourth-order valence-electron chi connectivity index (χ4n) is 5.03. The van der Waals surface area contributed by atoms with Crippen LogP contribution in [0.5, 0.6) is 11.5 Å². The van der Waals surface area contributed by atoms with Gasteiger partial charge in [-0.1, -0.05) is 41.1 Å². The Hall–Kier alpha value is -4.02. The Morgan fingerprint density at radius 1 is 0.730 bits per heavy atom. The molecule has 0 amide bonds. The number of rotatable bonds is 3. The zero-order chi connectivity index (χ0) is 23.6. The summed E-state index contributed by atoms with van der Waals surface area (Å²) in [4.78, 5) is 4.72. The summed E-state index contributed by atoms with van der Waals surface area (Å²) in [5, 5.41) is 10.0. The van der Waals surface area contributed by atoms with Gasteiger partial charge in [-0.15, -0.1) is 41.7 Å². The molecule has 4 heterocycles. The van der Waals surface area contributed by atoms with Crippen LogP contribution in [0.25, 0.3) is 53.2 Å². The van der Waals surface area contributed by atoms with Crippen molar-refractivity contribution in [2.24, 2.45) is 0 Å². The van der Waals surface area contributed by atoms with Crippen LogP contribution in [0.3, 0.4) is 0 Å². The van der Waals surface area contributed by atoms with Crippen molar-refractivity contribution >= 4 is 58.8 Å². The van der Waals surface area contributed by atoms with E-state index in [1.165, 1.54) is 31.1 Å². The first kappa shape index (κ1) is 22.2. The Kier molecular flexibility index (Phi) is 5.12. The Labute approximate surface area is 229 Å². The molecule has 0 bridgehead atoms. The van der Waals surface area contributed by atoms with Crippen LogP contribution in [0.2, 0.25) is 0 Å². The molecule has 37 heavy (non-hydrogen) atoms. The van der Waals surface area contributed by atoms with Gasteiger partial charge in [0.05, 0.1) is 5.65 Å². The molecule has 0 N–H and O–H groups in total. The van der Waals surface area contributed by atoms with E-state index in [1.807, 2.05) is 60.3 Å². The van der Waals surface area contributed by atoms with Gasteiger partial charge >= 0.3 is 20.4 Å². The molecule has 5 nitrogen and oxygen atoms in total. The van der Waals surface area contributed by atoms with Gasteiger partial charge in [0.1, 0.15) is 0 Å². The van der Waals surface area contributed by atoms with Gasteiger partial charge < -0.3 is 9.14 Å². The number of aromatic nitrogens is 4. The van der Waals surface area contributed by atoms with E-state index in [2.05, 4.69) is 64.1 Å². The average molecular weight is 587 g/mol. The summed E-state index contributed by atoms with van der Waals surface area (Å²) in [6, 6.07) is 31.5. The fraction of sp³-hybridized carbons (Fsp3) is 0. The van der Waals surface area contributed by atoms with Crippen molar-refractivity contribution in [3.63, 3.8) is 0 Å². The summed E-state index contributed by atoms with van der Waals surface area (Å²) in [6.45, 7) is 0. The van der Waals surface area contributed by atoms with Crippen molar-refractivity contribution in [3.05, 3.63) is 110 Å². The molecule has 0 saturated carbocycles. The van der Waals surface area contributed by atoms with Crippen LogP contribution in [-0.2, 0) is 20.4 Å². The van der Waals surface area contributed by atoms with Crippen LogP contribution in [0.1, 0.15) is 0 Å². The topological polar surface area (TPSA) is 44.4 Å².